The number of benzene rings is 2. The summed E-state index contributed by atoms with van der Waals surface area (Å²) < 4.78 is 41.2. The SMILES string of the molecule is CCc1cc(C(=O)c2ccc(OC(F)(F)F)cc2)c(NC(=O)CN(c2ccccc2)C(C(=O)O)C(C)C)s1. The number of ether oxygens (including phenoxy) is 1. The number of carbonyl (C=O) groups excluding carboxylic acids is 2. The number of halogens is 3. The molecule has 0 saturated carbocycles. The summed E-state index contributed by atoms with van der Waals surface area (Å²) in [6, 6.07) is 13.9. The van der Waals surface area contributed by atoms with Gasteiger partial charge in [0, 0.05) is 16.1 Å². The number of ketones is 1. The fraction of sp³-hybridized carbons (Fsp3) is 0.296. The number of hydrogen-bond acceptors (Lipinski definition) is 6. The van der Waals surface area contributed by atoms with Crippen LogP contribution in [0.2, 0.25) is 0 Å². The number of nitrogens with zero attached hydrogens (tertiary/aromatic N) is 1. The van der Waals surface area contributed by atoms with E-state index in [1.54, 1.807) is 50.2 Å². The summed E-state index contributed by atoms with van der Waals surface area (Å²) in [5, 5.41) is 12.9. The van der Waals surface area contributed by atoms with Gasteiger partial charge in [-0.3, -0.25) is 9.59 Å². The molecule has 3 rings (SSSR count). The van der Waals surface area contributed by atoms with Gasteiger partial charge < -0.3 is 20.1 Å². The average molecular weight is 549 g/mol. The number of anilines is 2. The third-order valence-electron chi connectivity index (χ3n) is 5.60. The minimum atomic E-state index is -4.85. The first-order valence-corrected chi connectivity index (χ1v) is 12.6. The van der Waals surface area contributed by atoms with E-state index in [2.05, 4.69) is 10.1 Å². The monoisotopic (exact) mass is 548 g/mol. The molecule has 0 spiro atoms. The number of rotatable bonds is 11. The molecule has 0 aliphatic heterocycles. The molecular formula is C27H27F3N2O5S. The molecule has 3 aromatic rings. The number of carboxylic acid groups (broad SMARTS) is 1. The van der Waals surface area contributed by atoms with Gasteiger partial charge in [0.05, 0.1) is 12.1 Å². The zero-order valence-corrected chi connectivity index (χ0v) is 21.7. The van der Waals surface area contributed by atoms with Crippen LogP contribution in [0.3, 0.4) is 0 Å². The molecule has 0 radical (unpaired) electrons. The van der Waals surface area contributed by atoms with Crippen LogP contribution in [0.15, 0.2) is 60.7 Å². The molecule has 7 nitrogen and oxygen atoms in total. The van der Waals surface area contributed by atoms with Crippen LogP contribution in [0.5, 0.6) is 5.75 Å². The maximum atomic E-state index is 13.2. The van der Waals surface area contributed by atoms with Gasteiger partial charge in [0.1, 0.15) is 16.8 Å². The quantitative estimate of drug-likeness (QED) is 0.286. The second-order valence-corrected chi connectivity index (χ2v) is 9.89. The first-order valence-electron chi connectivity index (χ1n) is 11.8. The number of hydrogen-bond donors (Lipinski definition) is 2. The molecule has 0 aliphatic carbocycles. The maximum absolute atomic E-state index is 13.2. The molecule has 38 heavy (non-hydrogen) atoms. The van der Waals surface area contributed by atoms with Crippen molar-refractivity contribution in [2.24, 2.45) is 5.92 Å². The van der Waals surface area contributed by atoms with Gasteiger partial charge in [0.2, 0.25) is 5.91 Å². The zero-order valence-electron chi connectivity index (χ0n) is 20.9. The number of nitrogens with one attached hydrogen (secondary N) is 1. The molecule has 11 heteroatoms. The standard InChI is InChI=1S/C27H27F3N2O5S/c1-4-20-14-21(24(34)17-10-12-19(13-11-17)37-27(28,29)30)25(38-20)31-22(33)15-32(18-8-6-5-7-9-18)23(16(2)3)26(35)36/h5-14,16,23H,4,15H2,1-3H3,(H,31,33)(H,35,36). The second kappa shape index (κ2) is 12.1. The molecule has 2 N–H and O–H groups in total. The summed E-state index contributed by atoms with van der Waals surface area (Å²) in [7, 11) is 0. The lowest BCUT2D eigenvalue weighted by molar-refractivity contribution is -0.274. The van der Waals surface area contributed by atoms with E-state index in [4.69, 9.17) is 0 Å². The normalized spacial score (nSPS) is 12.2. The van der Waals surface area contributed by atoms with E-state index in [-0.39, 0.29) is 28.6 Å². The van der Waals surface area contributed by atoms with E-state index >= 15 is 0 Å². The second-order valence-electron chi connectivity index (χ2n) is 8.75. The maximum Gasteiger partial charge on any atom is 0.573 e. The molecule has 1 atom stereocenters. The Bertz CT molecular complexity index is 1270. The van der Waals surface area contributed by atoms with Gasteiger partial charge in [0.15, 0.2) is 5.78 Å². The molecule has 202 valence electrons. The van der Waals surface area contributed by atoms with Crippen LogP contribution in [-0.4, -0.2) is 41.7 Å². The summed E-state index contributed by atoms with van der Waals surface area (Å²) >= 11 is 1.20. The molecule has 1 amide bonds. The van der Waals surface area contributed by atoms with Crippen molar-refractivity contribution in [1.29, 1.82) is 0 Å². The molecule has 1 unspecified atom stereocenters. The van der Waals surface area contributed by atoms with Crippen LogP contribution in [-0.2, 0) is 16.0 Å². The molecular weight excluding hydrogens is 521 g/mol. The predicted octanol–water partition coefficient (Wildman–Crippen LogP) is 5.99. The summed E-state index contributed by atoms with van der Waals surface area (Å²) in [6.45, 7) is 5.10. The van der Waals surface area contributed by atoms with E-state index in [0.717, 1.165) is 17.0 Å². The smallest absolute Gasteiger partial charge is 0.480 e. The lowest BCUT2D eigenvalue weighted by atomic mass is 10.0. The van der Waals surface area contributed by atoms with Gasteiger partial charge >= 0.3 is 12.3 Å². The number of carbonyl (C=O) groups is 3. The highest BCUT2D eigenvalue weighted by molar-refractivity contribution is 7.16. The highest BCUT2D eigenvalue weighted by Gasteiger charge is 2.32. The van der Waals surface area contributed by atoms with Crippen LogP contribution < -0.4 is 15.0 Å². The molecule has 1 heterocycles. The van der Waals surface area contributed by atoms with Crippen molar-refractivity contribution in [1.82, 2.24) is 0 Å². The Balaban J connectivity index is 1.86. The van der Waals surface area contributed by atoms with Crippen LogP contribution in [0.25, 0.3) is 0 Å². The van der Waals surface area contributed by atoms with Crippen molar-refractivity contribution in [3.63, 3.8) is 0 Å². The minimum absolute atomic E-state index is 0.118. The Kier molecular flexibility index (Phi) is 9.16. The van der Waals surface area contributed by atoms with Crippen LogP contribution in [0, 0.1) is 5.92 Å². The van der Waals surface area contributed by atoms with Crippen LogP contribution >= 0.6 is 11.3 Å². The summed E-state index contributed by atoms with van der Waals surface area (Å²) in [4.78, 5) is 40.7. The molecule has 0 bridgehead atoms. The van der Waals surface area contributed by atoms with Crippen molar-refractivity contribution in [3.8, 4) is 5.75 Å². The fourth-order valence-electron chi connectivity index (χ4n) is 3.91. The van der Waals surface area contributed by atoms with E-state index in [0.29, 0.717) is 12.1 Å². The number of alkyl halides is 3. The summed E-state index contributed by atoms with van der Waals surface area (Å²) in [6.07, 6.45) is -4.26. The third kappa shape index (κ3) is 7.34. The van der Waals surface area contributed by atoms with Crippen molar-refractivity contribution < 1.29 is 37.4 Å². The highest BCUT2D eigenvalue weighted by atomic mass is 32.1. The Labute approximate surface area is 221 Å². The van der Waals surface area contributed by atoms with E-state index < -0.39 is 35.8 Å². The zero-order chi connectivity index (χ0) is 28.0. The third-order valence-corrected chi connectivity index (χ3v) is 6.80. The molecule has 2 aromatic carbocycles. The predicted molar refractivity (Wildman–Crippen MR) is 139 cm³/mol. The van der Waals surface area contributed by atoms with Gasteiger partial charge in [-0.2, -0.15) is 0 Å². The Morgan fingerprint density at radius 1 is 1.05 bits per heavy atom. The van der Waals surface area contributed by atoms with Gasteiger partial charge in [-0.1, -0.05) is 39.0 Å². The highest BCUT2D eigenvalue weighted by Crippen LogP contribution is 2.32. The molecule has 0 saturated heterocycles. The Morgan fingerprint density at radius 3 is 2.21 bits per heavy atom. The van der Waals surface area contributed by atoms with E-state index in [1.165, 1.54) is 28.4 Å². The van der Waals surface area contributed by atoms with Crippen LogP contribution in [0.1, 0.15) is 41.6 Å². The number of aryl methyl sites for hydroxylation is 1. The average Bonchev–Trinajstić information content (AvgIpc) is 3.25. The van der Waals surface area contributed by atoms with Gasteiger partial charge in [0.25, 0.3) is 0 Å². The van der Waals surface area contributed by atoms with Crippen molar-refractivity contribution >= 4 is 39.7 Å². The molecule has 0 aliphatic rings. The largest absolute Gasteiger partial charge is 0.573 e. The van der Waals surface area contributed by atoms with Gasteiger partial charge in [-0.15, -0.1) is 24.5 Å². The number of thiophene rings is 1. The lowest BCUT2D eigenvalue weighted by Crippen LogP contribution is -2.48. The van der Waals surface area contributed by atoms with Crippen molar-refractivity contribution in [3.05, 3.63) is 76.7 Å². The first-order chi connectivity index (χ1) is 17.9. The fourth-order valence-corrected chi connectivity index (χ4v) is 4.92. The molecule has 0 fully saturated rings. The lowest BCUT2D eigenvalue weighted by Gasteiger charge is -2.32. The van der Waals surface area contributed by atoms with Crippen molar-refractivity contribution in [2.75, 3.05) is 16.8 Å². The van der Waals surface area contributed by atoms with Gasteiger partial charge in [-0.05, 0) is 54.8 Å². The van der Waals surface area contributed by atoms with Crippen LogP contribution in [0.4, 0.5) is 23.9 Å². The number of carboxylic acids is 1. The van der Waals surface area contributed by atoms with Crippen molar-refractivity contribution in [2.45, 2.75) is 39.6 Å². The minimum Gasteiger partial charge on any atom is -0.480 e. The van der Waals surface area contributed by atoms with Gasteiger partial charge in [-0.25, -0.2) is 4.79 Å². The Morgan fingerprint density at radius 2 is 1.68 bits per heavy atom. The summed E-state index contributed by atoms with van der Waals surface area (Å²) in [5.41, 5.74) is 0.864. The number of amides is 1. The topological polar surface area (TPSA) is 95.9 Å². The summed E-state index contributed by atoms with van der Waals surface area (Å²) in [5.74, 6) is -2.85. The Hall–Kier alpha value is -3.86. The number of para-hydroxylation sites is 1. The van der Waals surface area contributed by atoms with E-state index in [9.17, 15) is 32.7 Å². The number of aliphatic carboxylic acids is 1. The van der Waals surface area contributed by atoms with E-state index in [1.807, 2.05) is 6.92 Å². The first kappa shape index (κ1) is 28.7. The molecule has 1 aromatic heterocycles.